The van der Waals surface area contributed by atoms with Gasteiger partial charge in [0, 0.05) is 11.1 Å². The topological polar surface area (TPSA) is 52.0 Å². The van der Waals surface area contributed by atoms with Crippen molar-refractivity contribution >= 4 is 47.2 Å². The molecule has 1 aromatic carbocycles. The Morgan fingerprint density at radius 3 is 2.33 bits per heavy atom. The summed E-state index contributed by atoms with van der Waals surface area (Å²) < 4.78 is 0. The third-order valence-corrected chi connectivity index (χ3v) is 2.93. The van der Waals surface area contributed by atoms with Gasteiger partial charge in [0.25, 0.3) is 0 Å². The van der Waals surface area contributed by atoms with Crippen molar-refractivity contribution in [3.8, 4) is 0 Å². The highest BCUT2D eigenvalue weighted by Crippen LogP contribution is 2.33. The lowest BCUT2D eigenvalue weighted by molar-refractivity contribution is 0.661. The molecule has 0 aliphatic carbocycles. The third kappa shape index (κ3) is 3.99. The van der Waals surface area contributed by atoms with Crippen molar-refractivity contribution in [3.05, 3.63) is 32.8 Å². The Morgan fingerprint density at radius 1 is 1.20 bits per heavy atom. The average Bonchev–Trinajstić information content (AvgIpc) is 2.11. The van der Waals surface area contributed by atoms with Gasteiger partial charge in [0.2, 0.25) is 0 Å². The van der Waals surface area contributed by atoms with Crippen LogP contribution >= 0.6 is 47.2 Å². The minimum atomic E-state index is -0.219. The first-order valence-electron chi connectivity index (χ1n) is 4.16. The number of hydrogen-bond acceptors (Lipinski definition) is 2. The van der Waals surface area contributed by atoms with E-state index in [1.807, 2.05) is 0 Å². The van der Waals surface area contributed by atoms with Gasteiger partial charge in [-0.2, -0.15) is 0 Å². The van der Waals surface area contributed by atoms with E-state index in [1.54, 1.807) is 12.1 Å². The van der Waals surface area contributed by atoms with Crippen LogP contribution in [0.5, 0.6) is 0 Å². The highest BCUT2D eigenvalue weighted by atomic mass is 35.5. The average molecular weight is 290 g/mol. The largest absolute Gasteiger partial charge is 0.330 e. The minimum Gasteiger partial charge on any atom is -0.330 e. The second-order valence-electron chi connectivity index (χ2n) is 2.97. The zero-order chi connectivity index (χ0) is 10.7. The van der Waals surface area contributed by atoms with Gasteiger partial charge >= 0.3 is 0 Å². The number of benzene rings is 1. The van der Waals surface area contributed by atoms with Crippen LogP contribution < -0.4 is 11.5 Å². The quantitative estimate of drug-likeness (QED) is 0.838. The molecule has 1 aromatic rings. The van der Waals surface area contributed by atoms with Gasteiger partial charge in [-0.1, -0.05) is 34.8 Å². The second kappa shape index (κ2) is 6.79. The molecular weight excluding hydrogens is 278 g/mol. The van der Waals surface area contributed by atoms with Crippen LogP contribution in [0.4, 0.5) is 0 Å². The van der Waals surface area contributed by atoms with E-state index >= 15 is 0 Å². The summed E-state index contributed by atoms with van der Waals surface area (Å²) in [6.07, 6.45) is 0.649. The molecule has 0 amide bonds. The fourth-order valence-electron chi connectivity index (χ4n) is 1.18. The number of halogens is 4. The number of nitrogens with two attached hydrogens (primary N) is 2. The Labute approximate surface area is 110 Å². The lowest BCUT2D eigenvalue weighted by atomic mass is 10.0. The molecule has 0 aromatic heterocycles. The van der Waals surface area contributed by atoms with Crippen LogP contribution in [-0.2, 0) is 0 Å². The first kappa shape index (κ1) is 15.3. The summed E-state index contributed by atoms with van der Waals surface area (Å²) in [4.78, 5) is 0. The lowest BCUT2D eigenvalue weighted by Crippen LogP contribution is -2.15. The van der Waals surface area contributed by atoms with Crippen LogP contribution in [0.15, 0.2) is 12.1 Å². The highest BCUT2D eigenvalue weighted by molar-refractivity contribution is 6.43. The summed E-state index contributed by atoms with van der Waals surface area (Å²) in [5.74, 6) is 0. The third-order valence-electron chi connectivity index (χ3n) is 1.90. The fourth-order valence-corrected chi connectivity index (χ4v) is 1.94. The smallest absolute Gasteiger partial charge is 0.0641 e. The van der Waals surface area contributed by atoms with Crippen molar-refractivity contribution in [1.82, 2.24) is 0 Å². The molecule has 0 unspecified atom stereocenters. The van der Waals surface area contributed by atoms with Crippen molar-refractivity contribution in [3.63, 3.8) is 0 Å². The normalized spacial score (nSPS) is 12.1. The number of hydrogen-bond donors (Lipinski definition) is 2. The molecule has 4 N–H and O–H groups in total. The standard InChI is InChI=1S/C9H11Cl3N2.ClH/c10-5-3-6(8(14)1-2-13)9(12)7(11)4-5;/h3-4,8H,1-2,13-14H2;1H/t8-;/m1./s1. The molecule has 0 saturated carbocycles. The Balaban J connectivity index is 0.00000196. The molecule has 1 atom stereocenters. The summed E-state index contributed by atoms with van der Waals surface area (Å²) in [5, 5.41) is 1.40. The Bertz CT molecular complexity index is 330. The molecule has 0 aliphatic heterocycles. The van der Waals surface area contributed by atoms with E-state index in [-0.39, 0.29) is 18.4 Å². The van der Waals surface area contributed by atoms with Gasteiger partial charge < -0.3 is 11.5 Å². The molecule has 15 heavy (non-hydrogen) atoms. The second-order valence-corrected chi connectivity index (χ2v) is 4.20. The van der Waals surface area contributed by atoms with E-state index < -0.39 is 0 Å². The maximum atomic E-state index is 5.98. The molecule has 0 aliphatic rings. The predicted molar refractivity (Wildman–Crippen MR) is 69.3 cm³/mol. The lowest BCUT2D eigenvalue weighted by Gasteiger charge is -2.13. The molecule has 6 heteroatoms. The summed E-state index contributed by atoms with van der Waals surface area (Å²) in [5.41, 5.74) is 12.0. The van der Waals surface area contributed by atoms with Crippen LogP contribution in [0.3, 0.4) is 0 Å². The Kier molecular flexibility index (Phi) is 6.93. The predicted octanol–water partition coefficient (Wildman–Crippen LogP) is 3.42. The number of rotatable bonds is 3. The van der Waals surface area contributed by atoms with Gasteiger partial charge in [0.15, 0.2) is 0 Å². The van der Waals surface area contributed by atoms with Gasteiger partial charge in [-0.3, -0.25) is 0 Å². The first-order valence-corrected chi connectivity index (χ1v) is 5.29. The van der Waals surface area contributed by atoms with Crippen molar-refractivity contribution in [1.29, 1.82) is 0 Å². The molecule has 0 radical (unpaired) electrons. The van der Waals surface area contributed by atoms with Crippen LogP contribution in [0.1, 0.15) is 18.0 Å². The molecule has 0 bridgehead atoms. The molecule has 0 spiro atoms. The first-order chi connectivity index (χ1) is 6.56. The molecule has 1 rings (SSSR count). The Hall–Kier alpha value is 0.300. The maximum absolute atomic E-state index is 5.98. The Morgan fingerprint density at radius 2 is 1.80 bits per heavy atom. The van der Waals surface area contributed by atoms with Gasteiger partial charge in [-0.05, 0) is 30.7 Å². The van der Waals surface area contributed by atoms with Gasteiger partial charge in [0.1, 0.15) is 0 Å². The van der Waals surface area contributed by atoms with Crippen molar-refractivity contribution in [2.75, 3.05) is 6.54 Å². The fraction of sp³-hybridized carbons (Fsp3) is 0.333. The molecule has 0 heterocycles. The van der Waals surface area contributed by atoms with Gasteiger partial charge in [-0.15, -0.1) is 12.4 Å². The summed E-state index contributed by atoms with van der Waals surface area (Å²) >= 11 is 17.7. The van der Waals surface area contributed by atoms with Crippen LogP contribution in [-0.4, -0.2) is 6.54 Å². The van der Waals surface area contributed by atoms with E-state index in [2.05, 4.69) is 0 Å². The zero-order valence-corrected chi connectivity index (χ0v) is 10.9. The summed E-state index contributed by atoms with van der Waals surface area (Å²) in [6, 6.07) is 3.09. The zero-order valence-electron chi connectivity index (χ0n) is 7.84. The van der Waals surface area contributed by atoms with E-state index in [0.717, 1.165) is 5.56 Å². The van der Waals surface area contributed by atoms with Crippen LogP contribution in [0, 0.1) is 0 Å². The van der Waals surface area contributed by atoms with Crippen LogP contribution in [0.25, 0.3) is 0 Å². The molecular formula is C9H12Cl4N2. The van der Waals surface area contributed by atoms with Crippen LogP contribution in [0.2, 0.25) is 15.1 Å². The van der Waals surface area contributed by atoms with Crippen molar-refractivity contribution < 1.29 is 0 Å². The molecule has 2 nitrogen and oxygen atoms in total. The SMILES string of the molecule is Cl.NCC[C@@H](N)c1cc(Cl)cc(Cl)c1Cl. The molecule has 0 saturated heterocycles. The highest BCUT2D eigenvalue weighted by Gasteiger charge is 2.13. The van der Waals surface area contributed by atoms with E-state index in [0.29, 0.717) is 28.0 Å². The monoisotopic (exact) mass is 288 g/mol. The molecule has 86 valence electrons. The van der Waals surface area contributed by atoms with Crippen molar-refractivity contribution in [2.45, 2.75) is 12.5 Å². The van der Waals surface area contributed by atoms with Crippen molar-refractivity contribution in [2.24, 2.45) is 11.5 Å². The molecule has 0 fully saturated rings. The van der Waals surface area contributed by atoms with E-state index in [4.69, 9.17) is 46.3 Å². The van der Waals surface area contributed by atoms with E-state index in [9.17, 15) is 0 Å². The summed E-state index contributed by atoms with van der Waals surface area (Å²) in [6.45, 7) is 0.502. The van der Waals surface area contributed by atoms with E-state index in [1.165, 1.54) is 0 Å². The maximum Gasteiger partial charge on any atom is 0.0641 e. The van der Waals surface area contributed by atoms with Gasteiger partial charge in [-0.25, -0.2) is 0 Å². The minimum absolute atomic E-state index is 0. The summed E-state index contributed by atoms with van der Waals surface area (Å²) in [7, 11) is 0. The van der Waals surface area contributed by atoms with Gasteiger partial charge in [0.05, 0.1) is 10.0 Å².